The SMILES string of the molecule is c1ccc(-n2ncc(CN3CCNCC3c3ccncc3)n2)cc1. The number of nitrogens with zero attached hydrogens (tertiary/aromatic N) is 5. The van der Waals surface area contributed by atoms with Gasteiger partial charge in [-0.05, 0) is 29.8 Å². The fourth-order valence-electron chi connectivity index (χ4n) is 3.11. The summed E-state index contributed by atoms with van der Waals surface area (Å²) in [6, 6.07) is 14.5. The fourth-order valence-corrected chi connectivity index (χ4v) is 3.11. The molecule has 24 heavy (non-hydrogen) atoms. The monoisotopic (exact) mass is 320 g/mol. The molecular formula is C18H20N6. The second kappa shape index (κ2) is 6.90. The fraction of sp³-hybridized carbons (Fsp3) is 0.278. The van der Waals surface area contributed by atoms with E-state index in [0.717, 1.165) is 37.6 Å². The average Bonchev–Trinajstić information content (AvgIpc) is 3.12. The highest BCUT2D eigenvalue weighted by atomic mass is 15.5. The summed E-state index contributed by atoms with van der Waals surface area (Å²) in [4.78, 5) is 8.26. The van der Waals surface area contributed by atoms with Crippen molar-refractivity contribution in [2.45, 2.75) is 12.6 Å². The van der Waals surface area contributed by atoms with Crippen LogP contribution in [0.4, 0.5) is 0 Å². The largest absolute Gasteiger partial charge is 0.314 e. The molecule has 6 nitrogen and oxygen atoms in total. The number of rotatable bonds is 4. The maximum absolute atomic E-state index is 4.63. The number of hydrogen-bond donors (Lipinski definition) is 1. The van der Waals surface area contributed by atoms with Gasteiger partial charge in [-0.1, -0.05) is 18.2 Å². The molecule has 4 rings (SSSR count). The Bertz CT molecular complexity index is 770. The molecule has 0 saturated carbocycles. The van der Waals surface area contributed by atoms with Crippen LogP contribution in [0.25, 0.3) is 5.69 Å². The number of pyridine rings is 1. The van der Waals surface area contributed by atoms with E-state index in [1.54, 1.807) is 4.80 Å². The predicted octanol–water partition coefficient (Wildman–Crippen LogP) is 1.81. The van der Waals surface area contributed by atoms with Crippen LogP contribution in [0.15, 0.2) is 61.1 Å². The van der Waals surface area contributed by atoms with Crippen molar-refractivity contribution in [3.8, 4) is 5.69 Å². The van der Waals surface area contributed by atoms with Gasteiger partial charge in [-0.15, -0.1) is 0 Å². The highest BCUT2D eigenvalue weighted by Crippen LogP contribution is 2.23. The third-order valence-corrected chi connectivity index (χ3v) is 4.34. The number of hydrogen-bond acceptors (Lipinski definition) is 5. The topological polar surface area (TPSA) is 58.9 Å². The van der Waals surface area contributed by atoms with Crippen LogP contribution in [0.3, 0.4) is 0 Å². The van der Waals surface area contributed by atoms with Crippen molar-refractivity contribution < 1.29 is 0 Å². The van der Waals surface area contributed by atoms with Crippen molar-refractivity contribution in [1.82, 2.24) is 30.2 Å². The van der Waals surface area contributed by atoms with Gasteiger partial charge in [0, 0.05) is 44.6 Å². The summed E-state index contributed by atoms with van der Waals surface area (Å²) in [5, 5.41) is 12.5. The molecule has 1 aliphatic rings. The van der Waals surface area contributed by atoms with Crippen LogP contribution < -0.4 is 5.32 Å². The van der Waals surface area contributed by atoms with Gasteiger partial charge in [0.25, 0.3) is 0 Å². The summed E-state index contributed by atoms with van der Waals surface area (Å²) in [7, 11) is 0. The van der Waals surface area contributed by atoms with E-state index < -0.39 is 0 Å². The summed E-state index contributed by atoms with van der Waals surface area (Å²) in [6.07, 6.45) is 5.57. The van der Waals surface area contributed by atoms with E-state index in [9.17, 15) is 0 Å². The highest BCUT2D eigenvalue weighted by Gasteiger charge is 2.24. The summed E-state index contributed by atoms with van der Waals surface area (Å²) in [5.74, 6) is 0. The molecule has 3 aromatic rings. The minimum absolute atomic E-state index is 0.337. The zero-order valence-corrected chi connectivity index (χ0v) is 13.4. The van der Waals surface area contributed by atoms with Crippen LogP contribution in [-0.4, -0.2) is 44.5 Å². The van der Waals surface area contributed by atoms with Crippen molar-refractivity contribution >= 4 is 0 Å². The van der Waals surface area contributed by atoms with Gasteiger partial charge >= 0.3 is 0 Å². The molecule has 3 heterocycles. The average molecular weight is 320 g/mol. The second-order valence-electron chi connectivity index (χ2n) is 5.93. The van der Waals surface area contributed by atoms with Crippen LogP contribution in [0.1, 0.15) is 17.3 Å². The van der Waals surface area contributed by atoms with Crippen LogP contribution in [0.2, 0.25) is 0 Å². The van der Waals surface area contributed by atoms with Gasteiger partial charge in [-0.2, -0.15) is 15.0 Å². The van der Waals surface area contributed by atoms with E-state index in [0.29, 0.717) is 6.04 Å². The van der Waals surface area contributed by atoms with Crippen LogP contribution in [0.5, 0.6) is 0 Å². The summed E-state index contributed by atoms with van der Waals surface area (Å²) < 4.78 is 0. The summed E-state index contributed by atoms with van der Waals surface area (Å²) >= 11 is 0. The van der Waals surface area contributed by atoms with E-state index in [4.69, 9.17) is 0 Å². The molecule has 1 fully saturated rings. The predicted molar refractivity (Wildman–Crippen MR) is 91.6 cm³/mol. The van der Waals surface area contributed by atoms with Gasteiger partial charge in [0.2, 0.25) is 0 Å². The Kier molecular flexibility index (Phi) is 4.31. The van der Waals surface area contributed by atoms with E-state index >= 15 is 0 Å². The van der Waals surface area contributed by atoms with E-state index in [-0.39, 0.29) is 0 Å². The first-order valence-electron chi connectivity index (χ1n) is 8.21. The minimum Gasteiger partial charge on any atom is -0.314 e. The quantitative estimate of drug-likeness (QED) is 0.794. The zero-order valence-electron chi connectivity index (χ0n) is 13.4. The molecule has 0 aliphatic carbocycles. The van der Waals surface area contributed by atoms with Crippen molar-refractivity contribution in [1.29, 1.82) is 0 Å². The third kappa shape index (κ3) is 3.20. The van der Waals surface area contributed by atoms with Crippen molar-refractivity contribution in [3.05, 3.63) is 72.3 Å². The van der Waals surface area contributed by atoms with Crippen LogP contribution in [-0.2, 0) is 6.54 Å². The Hall–Kier alpha value is -2.57. The van der Waals surface area contributed by atoms with Crippen molar-refractivity contribution in [2.75, 3.05) is 19.6 Å². The molecule has 1 saturated heterocycles. The maximum Gasteiger partial charge on any atom is 0.0972 e. The molecule has 1 aliphatic heterocycles. The molecule has 1 atom stereocenters. The summed E-state index contributed by atoms with van der Waals surface area (Å²) in [6.45, 7) is 3.72. The van der Waals surface area contributed by atoms with Gasteiger partial charge in [-0.3, -0.25) is 9.88 Å². The molecule has 0 radical (unpaired) electrons. The molecule has 0 bridgehead atoms. The molecule has 0 amide bonds. The zero-order chi connectivity index (χ0) is 16.2. The molecule has 1 N–H and O–H groups in total. The van der Waals surface area contributed by atoms with Crippen LogP contribution in [0, 0.1) is 0 Å². The number of benzene rings is 1. The molecular weight excluding hydrogens is 300 g/mol. The lowest BCUT2D eigenvalue weighted by atomic mass is 10.0. The Morgan fingerprint density at radius 1 is 1.08 bits per heavy atom. The molecule has 6 heteroatoms. The number of aromatic nitrogens is 4. The van der Waals surface area contributed by atoms with Gasteiger partial charge in [-0.25, -0.2) is 0 Å². The minimum atomic E-state index is 0.337. The molecule has 2 aromatic heterocycles. The molecule has 1 unspecified atom stereocenters. The second-order valence-corrected chi connectivity index (χ2v) is 5.93. The van der Waals surface area contributed by atoms with Crippen molar-refractivity contribution in [3.63, 3.8) is 0 Å². The standard InChI is InChI=1S/C18H20N6/c1-2-4-17(5-3-1)24-21-12-16(22-24)14-23-11-10-20-13-18(23)15-6-8-19-9-7-15/h1-9,12,18,20H,10-11,13-14H2. The number of nitrogens with one attached hydrogen (secondary N) is 1. The maximum atomic E-state index is 4.63. The van der Waals surface area contributed by atoms with Gasteiger partial charge in [0.15, 0.2) is 0 Å². The Morgan fingerprint density at radius 3 is 2.75 bits per heavy atom. The van der Waals surface area contributed by atoms with Crippen LogP contribution >= 0.6 is 0 Å². The lowest BCUT2D eigenvalue weighted by molar-refractivity contribution is 0.151. The lowest BCUT2D eigenvalue weighted by Gasteiger charge is -2.35. The first kappa shape index (κ1) is 15.0. The first-order valence-corrected chi connectivity index (χ1v) is 8.21. The van der Waals surface area contributed by atoms with Gasteiger partial charge in [0.1, 0.15) is 0 Å². The molecule has 122 valence electrons. The lowest BCUT2D eigenvalue weighted by Crippen LogP contribution is -2.45. The van der Waals surface area contributed by atoms with E-state index in [2.05, 4.69) is 37.5 Å². The highest BCUT2D eigenvalue weighted by molar-refractivity contribution is 5.28. The number of piperazine rings is 1. The Labute approximate surface area is 141 Å². The third-order valence-electron chi connectivity index (χ3n) is 4.34. The van der Waals surface area contributed by atoms with Crippen molar-refractivity contribution in [2.24, 2.45) is 0 Å². The first-order chi connectivity index (χ1) is 11.9. The summed E-state index contributed by atoms with van der Waals surface area (Å²) in [5.41, 5.74) is 3.25. The van der Waals surface area contributed by atoms with E-state index in [1.807, 2.05) is 48.9 Å². The molecule has 0 spiro atoms. The number of para-hydroxylation sites is 1. The van der Waals surface area contributed by atoms with Gasteiger partial charge < -0.3 is 5.32 Å². The van der Waals surface area contributed by atoms with Gasteiger partial charge in [0.05, 0.1) is 17.6 Å². The van der Waals surface area contributed by atoms with E-state index in [1.165, 1.54) is 5.56 Å². The Balaban J connectivity index is 1.52. The normalized spacial score (nSPS) is 18.6. The Morgan fingerprint density at radius 2 is 1.92 bits per heavy atom. The molecule has 1 aromatic carbocycles. The smallest absolute Gasteiger partial charge is 0.0972 e.